The molecule has 1 aromatic rings. The molecule has 1 aliphatic heterocycles. The molecule has 1 atom stereocenters. The van der Waals surface area contributed by atoms with Crippen LogP contribution in [0.25, 0.3) is 0 Å². The monoisotopic (exact) mass is 422 g/mol. The number of benzene rings is 1. The number of hydrogen-bond acceptors (Lipinski definition) is 4. The zero-order chi connectivity index (χ0) is 21.3. The molecule has 0 radical (unpaired) electrons. The van der Waals surface area contributed by atoms with Gasteiger partial charge in [-0.15, -0.1) is 0 Å². The van der Waals surface area contributed by atoms with Crippen LogP contribution in [0.3, 0.4) is 0 Å². The number of nitrogens with zero attached hydrogens (tertiary/aromatic N) is 2. The van der Waals surface area contributed by atoms with Crippen molar-refractivity contribution in [2.24, 2.45) is 10.4 Å². The van der Waals surface area contributed by atoms with Gasteiger partial charge in [-0.2, -0.15) is 0 Å². The van der Waals surface area contributed by atoms with Crippen LogP contribution in [0.1, 0.15) is 51.6 Å². The lowest BCUT2D eigenvalue weighted by molar-refractivity contribution is 0.245. The van der Waals surface area contributed by atoms with Crippen LogP contribution in [0.5, 0.6) is 0 Å². The maximum absolute atomic E-state index is 11.5. The number of rotatable bonds is 10. The van der Waals surface area contributed by atoms with Crippen molar-refractivity contribution in [3.05, 3.63) is 35.9 Å². The van der Waals surface area contributed by atoms with E-state index >= 15 is 0 Å². The van der Waals surface area contributed by atoms with Crippen molar-refractivity contribution in [1.29, 1.82) is 0 Å². The minimum atomic E-state index is -2.95. The zero-order valence-corrected chi connectivity index (χ0v) is 19.3. The standard InChI is InChI=1S/C22H38N4O2S/c1-5-23-21(25-18-22(2,3)13-16-29(4,27)28)24-17-20(26-14-9-10-15-26)19-11-7-6-8-12-19/h6-8,11-12,20H,5,9-10,13-18H2,1-4H3,(H2,23,24,25). The Morgan fingerprint density at radius 1 is 1.17 bits per heavy atom. The minimum Gasteiger partial charge on any atom is -0.357 e. The van der Waals surface area contributed by atoms with Crippen LogP contribution in [-0.4, -0.2) is 64.0 Å². The summed E-state index contributed by atoms with van der Waals surface area (Å²) in [6.45, 7) is 10.6. The summed E-state index contributed by atoms with van der Waals surface area (Å²) in [6.07, 6.45) is 4.41. The molecule has 1 fully saturated rings. The molecule has 0 aliphatic carbocycles. The first kappa shape index (κ1) is 23.7. The van der Waals surface area contributed by atoms with Crippen molar-refractivity contribution < 1.29 is 8.42 Å². The summed E-state index contributed by atoms with van der Waals surface area (Å²) >= 11 is 0. The maximum Gasteiger partial charge on any atom is 0.191 e. The molecular formula is C22H38N4O2S. The van der Waals surface area contributed by atoms with Crippen molar-refractivity contribution in [3.8, 4) is 0 Å². The van der Waals surface area contributed by atoms with Crippen molar-refractivity contribution >= 4 is 15.8 Å². The van der Waals surface area contributed by atoms with Gasteiger partial charge in [-0.25, -0.2) is 8.42 Å². The fourth-order valence-electron chi connectivity index (χ4n) is 3.56. The molecule has 164 valence electrons. The first-order valence-electron chi connectivity index (χ1n) is 10.7. The number of nitrogens with one attached hydrogen (secondary N) is 2. The second-order valence-corrected chi connectivity index (χ2v) is 11.0. The first-order chi connectivity index (χ1) is 13.7. The first-order valence-corrected chi connectivity index (χ1v) is 12.8. The lowest BCUT2D eigenvalue weighted by atomic mass is 9.90. The Labute approximate surface area is 177 Å². The van der Waals surface area contributed by atoms with Gasteiger partial charge in [0, 0.05) is 25.9 Å². The molecule has 1 aliphatic rings. The van der Waals surface area contributed by atoms with Crippen LogP contribution in [0.4, 0.5) is 0 Å². The summed E-state index contributed by atoms with van der Waals surface area (Å²) in [5, 5.41) is 6.85. The summed E-state index contributed by atoms with van der Waals surface area (Å²) in [6, 6.07) is 11.0. The molecule has 0 bridgehead atoms. The van der Waals surface area contributed by atoms with Gasteiger partial charge in [-0.05, 0) is 50.3 Å². The van der Waals surface area contributed by atoms with Crippen molar-refractivity contribution in [2.75, 3.05) is 44.7 Å². The van der Waals surface area contributed by atoms with Gasteiger partial charge in [-0.1, -0.05) is 44.2 Å². The molecule has 1 saturated heterocycles. The molecular weight excluding hydrogens is 384 g/mol. The largest absolute Gasteiger partial charge is 0.357 e. The van der Waals surface area contributed by atoms with E-state index < -0.39 is 9.84 Å². The summed E-state index contributed by atoms with van der Waals surface area (Å²) in [5.74, 6) is 0.991. The van der Waals surface area contributed by atoms with Gasteiger partial charge in [0.1, 0.15) is 9.84 Å². The molecule has 6 nitrogen and oxygen atoms in total. The van der Waals surface area contributed by atoms with Gasteiger partial charge >= 0.3 is 0 Å². The molecule has 1 aromatic carbocycles. The Morgan fingerprint density at radius 2 is 1.83 bits per heavy atom. The van der Waals surface area contributed by atoms with Gasteiger partial charge in [-0.3, -0.25) is 9.89 Å². The fraction of sp³-hybridized carbons (Fsp3) is 0.682. The van der Waals surface area contributed by atoms with Gasteiger partial charge in [0.2, 0.25) is 0 Å². The number of aliphatic imine (C=N–C) groups is 1. The predicted molar refractivity (Wildman–Crippen MR) is 122 cm³/mol. The highest BCUT2D eigenvalue weighted by molar-refractivity contribution is 7.90. The van der Waals surface area contributed by atoms with Gasteiger partial charge < -0.3 is 10.6 Å². The van der Waals surface area contributed by atoms with Crippen LogP contribution < -0.4 is 10.6 Å². The molecule has 7 heteroatoms. The van der Waals surface area contributed by atoms with Crippen molar-refractivity contribution in [1.82, 2.24) is 15.5 Å². The molecule has 1 heterocycles. The molecule has 0 amide bonds. The number of sulfone groups is 1. The van der Waals surface area contributed by atoms with Gasteiger partial charge in [0.05, 0.1) is 11.8 Å². The summed E-state index contributed by atoms with van der Waals surface area (Å²) in [4.78, 5) is 7.30. The van der Waals surface area contributed by atoms with E-state index in [1.165, 1.54) is 24.7 Å². The molecule has 0 aromatic heterocycles. The Balaban J connectivity index is 2.02. The van der Waals surface area contributed by atoms with Gasteiger partial charge in [0.15, 0.2) is 5.96 Å². The molecule has 0 spiro atoms. The van der Waals surface area contributed by atoms with E-state index in [4.69, 9.17) is 4.99 Å². The van der Waals surface area contributed by atoms with Crippen LogP contribution in [0.2, 0.25) is 0 Å². The fourth-order valence-corrected chi connectivity index (χ4v) is 4.48. The predicted octanol–water partition coefficient (Wildman–Crippen LogP) is 2.84. The average molecular weight is 423 g/mol. The number of hydrogen-bond donors (Lipinski definition) is 2. The Bertz CT molecular complexity index is 741. The Hall–Kier alpha value is -1.60. The third-order valence-corrected chi connectivity index (χ3v) is 6.33. The third-order valence-electron chi connectivity index (χ3n) is 5.39. The van der Waals surface area contributed by atoms with E-state index in [-0.39, 0.29) is 11.2 Å². The number of guanidine groups is 1. The summed E-state index contributed by atoms with van der Waals surface area (Å²) in [5.41, 5.74) is 1.16. The highest BCUT2D eigenvalue weighted by Gasteiger charge is 2.24. The molecule has 29 heavy (non-hydrogen) atoms. The average Bonchev–Trinajstić information content (AvgIpc) is 3.20. The van der Waals surface area contributed by atoms with Crippen LogP contribution in [-0.2, 0) is 9.84 Å². The smallest absolute Gasteiger partial charge is 0.191 e. The van der Waals surface area contributed by atoms with Crippen molar-refractivity contribution in [2.45, 2.75) is 46.1 Å². The topological polar surface area (TPSA) is 73.8 Å². The lowest BCUT2D eigenvalue weighted by Gasteiger charge is -2.29. The van der Waals surface area contributed by atoms with Crippen LogP contribution >= 0.6 is 0 Å². The lowest BCUT2D eigenvalue weighted by Crippen LogP contribution is -2.43. The SMILES string of the molecule is CCNC(=NCC(C)(C)CCS(C)(=O)=O)NCC(c1ccccc1)N1CCCC1. The van der Waals surface area contributed by atoms with E-state index in [1.54, 1.807) is 0 Å². The van der Waals surface area contributed by atoms with Crippen molar-refractivity contribution in [3.63, 3.8) is 0 Å². The van der Waals surface area contributed by atoms with Crippen LogP contribution in [0.15, 0.2) is 35.3 Å². The van der Waals surface area contributed by atoms with E-state index in [2.05, 4.69) is 66.6 Å². The van der Waals surface area contributed by atoms with Crippen LogP contribution in [0, 0.1) is 5.41 Å². The second-order valence-electron chi connectivity index (χ2n) is 8.79. The zero-order valence-electron chi connectivity index (χ0n) is 18.4. The Morgan fingerprint density at radius 3 is 2.41 bits per heavy atom. The molecule has 0 saturated carbocycles. The minimum absolute atomic E-state index is 0.167. The number of likely N-dealkylation sites (tertiary alicyclic amines) is 1. The normalized spacial score (nSPS) is 17.3. The molecule has 2 rings (SSSR count). The maximum atomic E-state index is 11.5. The Kier molecular flexibility index (Phi) is 8.96. The van der Waals surface area contributed by atoms with E-state index in [1.807, 2.05) is 0 Å². The van der Waals surface area contributed by atoms with E-state index in [9.17, 15) is 8.42 Å². The highest BCUT2D eigenvalue weighted by Crippen LogP contribution is 2.24. The highest BCUT2D eigenvalue weighted by atomic mass is 32.2. The summed E-state index contributed by atoms with van der Waals surface area (Å²) < 4.78 is 23.0. The van der Waals surface area contributed by atoms with E-state index in [0.29, 0.717) is 19.0 Å². The second kappa shape index (κ2) is 11.0. The summed E-state index contributed by atoms with van der Waals surface area (Å²) in [7, 11) is -2.95. The van der Waals surface area contributed by atoms with Gasteiger partial charge in [0.25, 0.3) is 0 Å². The third kappa shape index (κ3) is 8.74. The molecule has 2 N–H and O–H groups in total. The quantitative estimate of drug-likeness (QED) is 0.448. The van der Waals surface area contributed by atoms with E-state index in [0.717, 1.165) is 32.1 Å². The molecule has 1 unspecified atom stereocenters.